The first-order valence-electron chi connectivity index (χ1n) is 7.22. The number of fused-ring (bicyclic) bond motifs is 1. The van der Waals surface area contributed by atoms with Gasteiger partial charge in [-0.3, -0.25) is 4.98 Å². The fourth-order valence-corrected chi connectivity index (χ4v) is 2.92. The Morgan fingerprint density at radius 3 is 3.05 bits per heavy atom. The molecule has 2 aromatic rings. The molecule has 1 heterocycles. The van der Waals surface area contributed by atoms with E-state index in [1.165, 1.54) is 5.56 Å². The summed E-state index contributed by atoms with van der Waals surface area (Å²) < 4.78 is 14.1. The second kappa shape index (κ2) is 5.71. The van der Waals surface area contributed by atoms with E-state index >= 15 is 0 Å². The van der Waals surface area contributed by atoms with Crippen LogP contribution in [-0.2, 0) is 13.0 Å². The lowest BCUT2D eigenvalue weighted by atomic mass is 9.95. The molecule has 0 fully saturated rings. The van der Waals surface area contributed by atoms with Crippen LogP contribution in [0.2, 0.25) is 0 Å². The van der Waals surface area contributed by atoms with Gasteiger partial charge in [0.1, 0.15) is 5.82 Å². The molecule has 1 aliphatic rings. The van der Waals surface area contributed by atoms with Crippen molar-refractivity contribution < 1.29 is 4.39 Å². The van der Waals surface area contributed by atoms with Crippen LogP contribution >= 0.6 is 0 Å². The minimum Gasteiger partial charge on any atom is -0.313 e. The molecule has 0 radical (unpaired) electrons. The fraction of sp³-hybridized carbons (Fsp3) is 0.353. The average Bonchev–Trinajstić information content (AvgIpc) is 2.90. The van der Waals surface area contributed by atoms with Crippen LogP contribution in [0.3, 0.4) is 0 Å². The summed E-state index contributed by atoms with van der Waals surface area (Å²) in [7, 11) is 0. The minimum absolute atomic E-state index is 0.118. The molecule has 0 saturated heterocycles. The van der Waals surface area contributed by atoms with Crippen LogP contribution in [0, 0.1) is 5.82 Å². The number of nitrogens with one attached hydrogen (secondary N) is 1. The Kier molecular flexibility index (Phi) is 3.79. The zero-order chi connectivity index (χ0) is 13.9. The molecule has 0 aliphatic heterocycles. The predicted molar refractivity (Wildman–Crippen MR) is 78.2 cm³/mol. The summed E-state index contributed by atoms with van der Waals surface area (Å²) in [5.41, 5.74) is 4.19. The summed E-state index contributed by atoms with van der Waals surface area (Å²) in [6.45, 7) is 3.45. The number of benzene rings is 1. The first-order chi connectivity index (χ1) is 9.79. The van der Waals surface area contributed by atoms with E-state index in [-0.39, 0.29) is 11.7 Å². The SMILES string of the molecule is CCNCc1ccc(C2CCc3cccnc32)cc1F. The summed E-state index contributed by atoms with van der Waals surface area (Å²) in [4.78, 5) is 4.48. The van der Waals surface area contributed by atoms with Gasteiger partial charge in [0.2, 0.25) is 0 Å². The molecular formula is C17H19FN2. The standard InChI is InChI=1S/C17H19FN2/c1-2-19-11-14-6-5-13(10-16(14)18)15-8-7-12-4-3-9-20-17(12)15/h3-6,9-10,15,19H,2,7-8,11H2,1H3. The van der Waals surface area contributed by atoms with Gasteiger partial charge < -0.3 is 5.32 Å². The monoisotopic (exact) mass is 270 g/mol. The molecule has 1 N–H and O–H groups in total. The third-order valence-corrected chi connectivity index (χ3v) is 4.00. The molecule has 1 aromatic heterocycles. The third-order valence-electron chi connectivity index (χ3n) is 4.00. The van der Waals surface area contributed by atoms with Gasteiger partial charge in [-0.2, -0.15) is 0 Å². The second-order valence-corrected chi connectivity index (χ2v) is 5.27. The number of nitrogens with zero attached hydrogens (tertiary/aromatic N) is 1. The van der Waals surface area contributed by atoms with E-state index in [4.69, 9.17) is 0 Å². The molecule has 104 valence electrons. The van der Waals surface area contributed by atoms with Crippen LogP contribution in [-0.4, -0.2) is 11.5 Å². The van der Waals surface area contributed by atoms with Gasteiger partial charge in [-0.05, 0) is 42.6 Å². The van der Waals surface area contributed by atoms with Gasteiger partial charge in [0.25, 0.3) is 0 Å². The largest absolute Gasteiger partial charge is 0.313 e. The van der Waals surface area contributed by atoms with Crippen molar-refractivity contribution in [1.29, 1.82) is 0 Å². The molecule has 1 aliphatic carbocycles. The van der Waals surface area contributed by atoms with Crippen molar-refractivity contribution in [3.8, 4) is 0 Å². The van der Waals surface area contributed by atoms with Crippen molar-refractivity contribution in [2.75, 3.05) is 6.54 Å². The van der Waals surface area contributed by atoms with E-state index in [1.54, 1.807) is 6.07 Å². The number of aryl methyl sites for hydroxylation is 1. The molecule has 1 unspecified atom stereocenters. The molecule has 0 saturated carbocycles. The van der Waals surface area contributed by atoms with E-state index < -0.39 is 0 Å². The van der Waals surface area contributed by atoms with Gasteiger partial charge in [-0.15, -0.1) is 0 Å². The van der Waals surface area contributed by atoms with Crippen LogP contribution in [0.25, 0.3) is 0 Å². The molecular weight excluding hydrogens is 251 g/mol. The minimum atomic E-state index is -0.118. The predicted octanol–water partition coefficient (Wildman–Crippen LogP) is 3.41. The van der Waals surface area contributed by atoms with Gasteiger partial charge >= 0.3 is 0 Å². The van der Waals surface area contributed by atoms with Crippen molar-refractivity contribution in [2.45, 2.75) is 32.2 Å². The van der Waals surface area contributed by atoms with Crippen LogP contribution in [0.1, 0.15) is 41.6 Å². The molecule has 20 heavy (non-hydrogen) atoms. The molecule has 1 aromatic carbocycles. The van der Waals surface area contributed by atoms with Gasteiger partial charge in [-0.25, -0.2) is 4.39 Å². The summed E-state index contributed by atoms with van der Waals surface area (Å²) >= 11 is 0. The van der Waals surface area contributed by atoms with Crippen molar-refractivity contribution in [1.82, 2.24) is 10.3 Å². The highest BCUT2D eigenvalue weighted by Crippen LogP contribution is 2.36. The second-order valence-electron chi connectivity index (χ2n) is 5.27. The first kappa shape index (κ1) is 13.3. The molecule has 3 heteroatoms. The first-order valence-corrected chi connectivity index (χ1v) is 7.22. The maximum atomic E-state index is 14.1. The van der Waals surface area contributed by atoms with Crippen LogP contribution in [0.5, 0.6) is 0 Å². The summed E-state index contributed by atoms with van der Waals surface area (Å²) in [5.74, 6) is 0.127. The van der Waals surface area contributed by atoms with Gasteiger partial charge in [0.05, 0.1) is 5.69 Å². The van der Waals surface area contributed by atoms with Crippen molar-refractivity contribution in [3.63, 3.8) is 0 Å². The van der Waals surface area contributed by atoms with E-state index in [0.29, 0.717) is 6.54 Å². The van der Waals surface area contributed by atoms with Gasteiger partial charge in [0.15, 0.2) is 0 Å². The fourth-order valence-electron chi connectivity index (χ4n) is 2.92. The quantitative estimate of drug-likeness (QED) is 0.921. The topological polar surface area (TPSA) is 24.9 Å². The van der Waals surface area contributed by atoms with Crippen molar-refractivity contribution in [3.05, 3.63) is 64.7 Å². The number of halogens is 1. The lowest BCUT2D eigenvalue weighted by Gasteiger charge is -2.13. The Labute approximate surface area is 119 Å². The maximum Gasteiger partial charge on any atom is 0.127 e. The Hall–Kier alpha value is -1.74. The van der Waals surface area contributed by atoms with Crippen LogP contribution in [0.15, 0.2) is 36.5 Å². The molecule has 1 atom stereocenters. The molecule has 2 nitrogen and oxygen atoms in total. The summed E-state index contributed by atoms with van der Waals surface area (Å²) in [6.07, 6.45) is 3.89. The number of hydrogen-bond acceptors (Lipinski definition) is 2. The molecule has 0 amide bonds. The highest BCUT2D eigenvalue weighted by Gasteiger charge is 2.25. The zero-order valence-electron chi connectivity index (χ0n) is 11.7. The Morgan fingerprint density at radius 1 is 1.35 bits per heavy atom. The van der Waals surface area contributed by atoms with Crippen LogP contribution < -0.4 is 5.32 Å². The Morgan fingerprint density at radius 2 is 2.25 bits per heavy atom. The van der Waals surface area contributed by atoms with Crippen LogP contribution in [0.4, 0.5) is 4.39 Å². The Bertz CT molecular complexity index is 610. The van der Waals surface area contributed by atoms with E-state index in [0.717, 1.165) is 36.2 Å². The Balaban J connectivity index is 1.87. The lowest BCUT2D eigenvalue weighted by molar-refractivity contribution is 0.589. The maximum absolute atomic E-state index is 14.1. The number of aromatic nitrogens is 1. The highest BCUT2D eigenvalue weighted by atomic mass is 19.1. The van der Waals surface area contributed by atoms with Crippen molar-refractivity contribution >= 4 is 0 Å². The average molecular weight is 270 g/mol. The summed E-state index contributed by atoms with van der Waals surface area (Å²) in [5, 5.41) is 3.16. The van der Waals surface area contributed by atoms with Gasteiger partial charge in [0, 0.05) is 24.2 Å². The molecule has 0 bridgehead atoms. The summed E-state index contributed by atoms with van der Waals surface area (Å²) in [6, 6.07) is 9.72. The lowest BCUT2D eigenvalue weighted by Crippen LogP contribution is -2.13. The highest BCUT2D eigenvalue weighted by molar-refractivity contribution is 5.39. The number of rotatable bonds is 4. The number of hydrogen-bond donors (Lipinski definition) is 1. The molecule has 3 rings (SSSR count). The van der Waals surface area contributed by atoms with E-state index in [2.05, 4.69) is 16.4 Å². The number of pyridine rings is 1. The third kappa shape index (κ3) is 2.46. The normalized spacial score (nSPS) is 17.2. The smallest absolute Gasteiger partial charge is 0.127 e. The molecule has 0 spiro atoms. The van der Waals surface area contributed by atoms with E-state index in [1.807, 2.05) is 31.3 Å². The zero-order valence-corrected chi connectivity index (χ0v) is 11.7. The van der Waals surface area contributed by atoms with E-state index in [9.17, 15) is 4.39 Å². The van der Waals surface area contributed by atoms with Crippen molar-refractivity contribution in [2.24, 2.45) is 0 Å². The van der Waals surface area contributed by atoms with Gasteiger partial charge in [-0.1, -0.05) is 25.1 Å².